The van der Waals surface area contributed by atoms with E-state index in [0.29, 0.717) is 5.15 Å². The van der Waals surface area contributed by atoms with Crippen LogP contribution in [0.15, 0.2) is 24.4 Å². The van der Waals surface area contributed by atoms with E-state index < -0.39 is 0 Å². The van der Waals surface area contributed by atoms with E-state index in [1.165, 1.54) is 0 Å². The third kappa shape index (κ3) is 2.32. The molecule has 0 saturated carbocycles. The Morgan fingerprint density at radius 1 is 1.38 bits per heavy atom. The Morgan fingerprint density at radius 2 is 2.12 bits per heavy atom. The molecule has 1 nitrogen and oxygen atoms in total. The van der Waals surface area contributed by atoms with Crippen molar-refractivity contribution in [3.05, 3.63) is 29.5 Å². The third-order valence-electron chi connectivity index (χ3n) is 0.629. The van der Waals surface area contributed by atoms with Crippen molar-refractivity contribution < 1.29 is 17.4 Å². The number of aromatic nitrogens is 1. The summed E-state index contributed by atoms with van der Waals surface area (Å²) in [7, 11) is 0. The molecule has 1 aromatic rings. The molecule has 8 heavy (non-hydrogen) atoms. The Balaban J connectivity index is 0.000000490. The third-order valence-corrected chi connectivity index (χ3v) is 0.852. The molecular formula is C5H4ClCrN. The van der Waals surface area contributed by atoms with E-state index in [4.69, 9.17) is 11.6 Å². The van der Waals surface area contributed by atoms with Crippen LogP contribution < -0.4 is 0 Å². The van der Waals surface area contributed by atoms with E-state index in [2.05, 4.69) is 4.98 Å². The predicted molar refractivity (Wildman–Crippen MR) is 29.2 cm³/mol. The summed E-state index contributed by atoms with van der Waals surface area (Å²) in [6.45, 7) is 0. The molecule has 0 saturated heterocycles. The molecule has 0 unspecified atom stereocenters. The molecule has 42 valence electrons. The van der Waals surface area contributed by atoms with Gasteiger partial charge in [0.1, 0.15) is 5.15 Å². The second-order valence-corrected chi connectivity index (χ2v) is 1.54. The molecule has 0 fully saturated rings. The molecule has 0 radical (unpaired) electrons. The van der Waals surface area contributed by atoms with Gasteiger partial charge in [0.15, 0.2) is 0 Å². The van der Waals surface area contributed by atoms with Crippen molar-refractivity contribution in [1.82, 2.24) is 4.98 Å². The van der Waals surface area contributed by atoms with Crippen LogP contribution in [0.1, 0.15) is 0 Å². The maximum absolute atomic E-state index is 5.43. The standard InChI is InChI=1S/C5H4ClN.Cr/c6-5-3-1-2-4-7-5;/h1-4H;. The van der Waals surface area contributed by atoms with Crippen LogP contribution in [0.2, 0.25) is 5.15 Å². The normalized spacial score (nSPS) is 7.62. The van der Waals surface area contributed by atoms with Crippen LogP contribution in [-0.4, -0.2) is 4.98 Å². The minimum atomic E-state index is 0. The molecule has 1 aromatic heterocycles. The molecule has 3 heteroatoms. The largest absolute Gasteiger partial charge is 0.245 e. The summed E-state index contributed by atoms with van der Waals surface area (Å²) in [5.41, 5.74) is 0. The van der Waals surface area contributed by atoms with E-state index in [-0.39, 0.29) is 17.4 Å². The Hall–Kier alpha value is -0.0275. The van der Waals surface area contributed by atoms with E-state index in [1.54, 1.807) is 12.3 Å². The van der Waals surface area contributed by atoms with Crippen LogP contribution >= 0.6 is 11.6 Å². The van der Waals surface area contributed by atoms with E-state index in [1.807, 2.05) is 12.1 Å². The molecule has 0 aliphatic rings. The zero-order valence-corrected chi connectivity index (χ0v) is 6.07. The van der Waals surface area contributed by atoms with E-state index in [0.717, 1.165) is 0 Å². The summed E-state index contributed by atoms with van der Waals surface area (Å²) in [5, 5.41) is 0.544. The molecular weight excluding hydrogens is 162 g/mol. The molecule has 0 bridgehead atoms. The number of rotatable bonds is 0. The molecule has 1 rings (SSSR count). The topological polar surface area (TPSA) is 12.9 Å². The zero-order valence-electron chi connectivity index (χ0n) is 4.04. The van der Waals surface area contributed by atoms with Crippen LogP contribution in [0, 0.1) is 0 Å². The molecule has 0 N–H and O–H groups in total. The first-order chi connectivity index (χ1) is 3.39. The second-order valence-electron chi connectivity index (χ2n) is 1.15. The van der Waals surface area contributed by atoms with Crippen molar-refractivity contribution in [3.8, 4) is 0 Å². The van der Waals surface area contributed by atoms with Crippen LogP contribution in [-0.2, 0) is 17.4 Å². The Bertz CT molecular complexity index is 142. The maximum Gasteiger partial charge on any atom is 0.129 e. The summed E-state index contributed by atoms with van der Waals surface area (Å²) in [4.78, 5) is 3.74. The molecule has 0 spiro atoms. The average molecular weight is 166 g/mol. The molecule has 0 aromatic carbocycles. The number of nitrogens with zero attached hydrogens (tertiary/aromatic N) is 1. The summed E-state index contributed by atoms with van der Waals surface area (Å²) in [5.74, 6) is 0. The van der Waals surface area contributed by atoms with Crippen molar-refractivity contribution in [2.75, 3.05) is 0 Å². The fraction of sp³-hybridized carbons (Fsp3) is 0. The van der Waals surface area contributed by atoms with E-state index >= 15 is 0 Å². The first-order valence-electron chi connectivity index (χ1n) is 1.96. The molecule has 1 heterocycles. The second kappa shape index (κ2) is 3.91. The van der Waals surface area contributed by atoms with Gasteiger partial charge in [0.05, 0.1) is 0 Å². The average Bonchev–Trinajstić information content (AvgIpc) is 1.69. The van der Waals surface area contributed by atoms with Crippen molar-refractivity contribution >= 4 is 11.6 Å². The smallest absolute Gasteiger partial charge is 0.129 e. The van der Waals surface area contributed by atoms with E-state index in [9.17, 15) is 0 Å². The van der Waals surface area contributed by atoms with Gasteiger partial charge >= 0.3 is 0 Å². The van der Waals surface area contributed by atoms with Gasteiger partial charge in [0, 0.05) is 23.6 Å². The van der Waals surface area contributed by atoms with Crippen molar-refractivity contribution in [3.63, 3.8) is 0 Å². The molecule has 0 atom stereocenters. The van der Waals surface area contributed by atoms with Crippen LogP contribution in [0.3, 0.4) is 0 Å². The number of halogens is 1. The van der Waals surface area contributed by atoms with Gasteiger partial charge in [-0.3, -0.25) is 0 Å². The molecule has 0 aliphatic heterocycles. The molecule has 0 aliphatic carbocycles. The number of hydrogen-bond acceptors (Lipinski definition) is 1. The van der Waals surface area contributed by atoms with Gasteiger partial charge in [0.25, 0.3) is 0 Å². The zero-order chi connectivity index (χ0) is 5.11. The van der Waals surface area contributed by atoms with Crippen molar-refractivity contribution in [2.24, 2.45) is 0 Å². The van der Waals surface area contributed by atoms with Gasteiger partial charge in [-0.15, -0.1) is 0 Å². The van der Waals surface area contributed by atoms with Gasteiger partial charge < -0.3 is 0 Å². The minimum Gasteiger partial charge on any atom is -0.245 e. The number of hydrogen-bond donors (Lipinski definition) is 0. The first-order valence-corrected chi connectivity index (χ1v) is 2.34. The van der Waals surface area contributed by atoms with Gasteiger partial charge in [-0.2, -0.15) is 0 Å². The van der Waals surface area contributed by atoms with Gasteiger partial charge in [-0.25, -0.2) is 4.98 Å². The van der Waals surface area contributed by atoms with Crippen LogP contribution in [0.5, 0.6) is 0 Å². The summed E-state index contributed by atoms with van der Waals surface area (Å²) in [6.07, 6.45) is 1.66. The summed E-state index contributed by atoms with van der Waals surface area (Å²) in [6, 6.07) is 5.41. The Labute approximate surface area is 63.8 Å². The van der Waals surface area contributed by atoms with Gasteiger partial charge in [0.2, 0.25) is 0 Å². The summed E-state index contributed by atoms with van der Waals surface area (Å²) < 4.78 is 0. The Morgan fingerprint density at radius 3 is 2.38 bits per heavy atom. The quantitative estimate of drug-likeness (QED) is 0.534. The SMILES string of the molecule is Clc1ccccn1.[Cr]. The van der Waals surface area contributed by atoms with Crippen LogP contribution in [0.4, 0.5) is 0 Å². The van der Waals surface area contributed by atoms with Gasteiger partial charge in [-0.1, -0.05) is 17.7 Å². The van der Waals surface area contributed by atoms with Crippen LogP contribution in [0.25, 0.3) is 0 Å². The fourth-order valence-electron chi connectivity index (χ4n) is 0.342. The molecule has 0 amide bonds. The maximum atomic E-state index is 5.43. The minimum absolute atomic E-state index is 0. The Kier molecular flexibility index (Phi) is 3.90. The first kappa shape index (κ1) is 7.97. The number of pyridine rings is 1. The monoisotopic (exact) mass is 165 g/mol. The van der Waals surface area contributed by atoms with Crippen molar-refractivity contribution in [1.29, 1.82) is 0 Å². The summed E-state index contributed by atoms with van der Waals surface area (Å²) >= 11 is 5.43. The van der Waals surface area contributed by atoms with Gasteiger partial charge in [-0.05, 0) is 12.1 Å². The predicted octanol–water partition coefficient (Wildman–Crippen LogP) is 1.73. The fourth-order valence-corrected chi connectivity index (χ4v) is 0.471. The van der Waals surface area contributed by atoms with Crippen molar-refractivity contribution in [2.45, 2.75) is 0 Å².